The molecule has 0 heterocycles. The van der Waals surface area contributed by atoms with E-state index in [1.165, 1.54) is 0 Å². The van der Waals surface area contributed by atoms with Crippen LogP contribution in [0, 0.1) is 0 Å². The number of likely N-dealkylation sites (N-methyl/N-ethyl adjacent to an activating group) is 1. The van der Waals surface area contributed by atoms with E-state index in [4.69, 9.17) is 5.11 Å². The Kier molecular flexibility index (Phi) is 8.52. The molecule has 0 aromatic heterocycles. The Hall–Kier alpha value is -1.10. The van der Waals surface area contributed by atoms with Gasteiger partial charge in [-0.3, -0.25) is 9.59 Å². The number of hydrogen-bond donors (Lipinski definition) is 3. The van der Waals surface area contributed by atoms with Crippen LogP contribution < -0.4 is 10.6 Å². The van der Waals surface area contributed by atoms with Crippen molar-refractivity contribution in [3.63, 3.8) is 0 Å². The molecule has 0 rings (SSSR count). The van der Waals surface area contributed by atoms with Crippen molar-refractivity contribution in [3.05, 3.63) is 0 Å². The summed E-state index contributed by atoms with van der Waals surface area (Å²) in [4.78, 5) is 21.5. The monoisotopic (exact) mass is 230 g/mol. The van der Waals surface area contributed by atoms with E-state index in [-0.39, 0.29) is 18.4 Å². The van der Waals surface area contributed by atoms with Gasteiger partial charge in [0.1, 0.15) is 0 Å². The molecule has 0 bridgehead atoms. The Morgan fingerprint density at radius 1 is 1.25 bits per heavy atom. The third kappa shape index (κ3) is 8.23. The normalized spacial score (nSPS) is 12.1. The first-order chi connectivity index (χ1) is 7.57. The van der Waals surface area contributed by atoms with Crippen molar-refractivity contribution in [1.29, 1.82) is 0 Å². The van der Waals surface area contributed by atoms with Crippen LogP contribution in [0.2, 0.25) is 0 Å². The highest BCUT2D eigenvalue weighted by atomic mass is 16.4. The topological polar surface area (TPSA) is 78.4 Å². The zero-order valence-corrected chi connectivity index (χ0v) is 10.1. The van der Waals surface area contributed by atoms with Gasteiger partial charge in [0.2, 0.25) is 5.91 Å². The maximum absolute atomic E-state index is 11.3. The average molecular weight is 230 g/mol. The predicted octanol–water partition coefficient (Wildman–Crippen LogP) is 0.746. The summed E-state index contributed by atoms with van der Waals surface area (Å²) in [5.41, 5.74) is 0. The highest BCUT2D eigenvalue weighted by molar-refractivity contribution is 5.81. The SMILES string of the molecule is CCNC(=O)C(C)NCCCCCC(=O)O. The molecule has 0 saturated heterocycles. The molecule has 16 heavy (non-hydrogen) atoms. The Labute approximate surface area is 96.6 Å². The number of carboxylic acid groups (broad SMARTS) is 1. The molecule has 1 amide bonds. The molecular weight excluding hydrogens is 208 g/mol. The zero-order chi connectivity index (χ0) is 12.4. The molecule has 5 heteroatoms. The minimum absolute atomic E-state index is 0.00744. The molecule has 94 valence electrons. The summed E-state index contributed by atoms with van der Waals surface area (Å²) >= 11 is 0. The summed E-state index contributed by atoms with van der Waals surface area (Å²) < 4.78 is 0. The van der Waals surface area contributed by atoms with E-state index in [1.54, 1.807) is 0 Å². The number of carbonyl (C=O) groups excluding carboxylic acids is 1. The Bertz CT molecular complexity index is 219. The van der Waals surface area contributed by atoms with Crippen molar-refractivity contribution in [2.75, 3.05) is 13.1 Å². The van der Waals surface area contributed by atoms with E-state index >= 15 is 0 Å². The van der Waals surface area contributed by atoms with Gasteiger partial charge in [0.05, 0.1) is 6.04 Å². The van der Waals surface area contributed by atoms with Gasteiger partial charge >= 0.3 is 5.97 Å². The van der Waals surface area contributed by atoms with Gasteiger partial charge in [-0.2, -0.15) is 0 Å². The average Bonchev–Trinajstić information content (AvgIpc) is 2.22. The number of nitrogens with one attached hydrogen (secondary N) is 2. The van der Waals surface area contributed by atoms with Gasteiger partial charge in [-0.15, -0.1) is 0 Å². The molecule has 5 nitrogen and oxygen atoms in total. The van der Waals surface area contributed by atoms with Crippen LogP contribution in [0.5, 0.6) is 0 Å². The molecule has 1 atom stereocenters. The summed E-state index contributed by atoms with van der Waals surface area (Å²) in [6.45, 7) is 5.10. The molecule has 0 aliphatic carbocycles. The van der Waals surface area contributed by atoms with Gasteiger partial charge in [0.15, 0.2) is 0 Å². The van der Waals surface area contributed by atoms with Gasteiger partial charge in [0.25, 0.3) is 0 Å². The highest BCUT2D eigenvalue weighted by Crippen LogP contribution is 1.98. The molecule has 3 N–H and O–H groups in total. The fraction of sp³-hybridized carbons (Fsp3) is 0.818. The molecule has 0 radical (unpaired) electrons. The minimum atomic E-state index is -0.747. The summed E-state index contributed by atoms with van der Waals surface area (Å²) in [5, 5.41) is 14.3. The first-order valence-corrected chi connectivity index (χ1v) is 5.80. The molecule has 0 saturated carbocycles. The lowest BCUT2D eigenvalue weighted by Gasteiger charge is -2.12. The van der Waals surface area contributed by atoms with Crippen LogP contribution in [0.3, 0.4) is 0 Å². The van der Waals surface area contributed by atoms with Crippen molar-refractivity contribution in [2.45, 2.75) is 45.6 Å². The van der Waals surface area contributed by atoms with Crippen LogP contribution in [0.4, 0.5) is 0 Å². The van der Waals surface area contributed by atoms with E-state index in [1.807, 2.05) is 13.8 Å². The quantitative estimate of drug-likeness (QED) is 0.511. The summed E-state index contributed by atoms with van der Waals surface area (Å²) in [7, 11) is 0. The van der Waals surface area contributed by atoms with Crippen LogP contribution in [0.25, 0.3) is 0 Å². The molecule has 0 spiro atoms. The van der Waals surface area contributed by atoms with Crippen LogP contribution in [0.1, 0.15) is 39.5 Å². The van der Waals surface area contributed by atoms with E-state index in [9.17, 15) is 9.59 Å². The third-order valence-electron chi connectivity index (χ3n) is 2.26. The smallest absolute Gasteiger partial charge is 0.303 e. The van der Waals surface area contributed by atoms with Gasteiger partial charge in [-0.05, 0) is 33.2 Å². The van der Waals surface area contributed by atoms with Crippen molar-refractivity contribution < 1.29 is 14.7 Å². The van der Waals surface area contributed by atoms with Crippen molar-refractivity contribution >= 4 is 11.9 Å². The lowest BCUT2D eigenvalue weighted by Crippen LogP contribution is -2.42. The van der Waals surface area contributed by atoms with Crippen LogP contribution in [0.15, 0.2) is 0 Å². The Morgan fingerprint density at radius 3 is 2.50 bits per heavy atom. The first kappa shape index (κ1) is 14.9. The molecule has 0 aliphatic rings. The highest BCUT2D eigenvalue weighted by Gasteiger charge is 2.09. The standard InChI is InChI=1S/C11H22N2O3/c1-3-12-11(16)9(2)13-8-6-4-5-7-10(14)15/h9,13H,3-8H2,1-2H3,(H,12,16)(H,14,15). The summed E-state index contributed by atoms with van der Waals surface area (Å²) in [6.07, 6.45) is 2.71. The number of rotatable bonds is 9. The van der Waals surface area contributed by atoms with Crippen LogP contribution >= 0.6 is 0 Å². The maximum Gasteiger partial charge on any atom is 0.303 e. The van der Waals surface area contributed by atoms with Gasteiger partial charge in [-0.25, -0.2) is 0 Å². The molecule has 0 aliphatic heterocycles. The lowest BCUT2D eigenvalue weighted by molar-refractivity contribution is -0.137. The molecule has 1 unspecified atom stereocenters. The Morgan fingerprint density at radius 2 is 1.94 bits per heavy atom. The third-order valence-corrected chi connectivity index (χ3v) is 2.26. The number of carboxylic acids is 1. The van der Waals surface area contributed by atoms with E-state index in [2.05, 4.69) is 10.6 Å². The van der Waals surface area contributed by atoms with Crippen molar-refractivity contribution in [2.24, 2.45) is 0 Å². The van der Waals surface area contributed by atoms with Gasteiger partial charge in [-0.1, -0.05) is 6.42 Å². The maximum atomic E-state index is 11.3. The van der Waals surface area contributed by atoms with Crippen LogP contribution in [-0.4, -0.2) is 36.1 Å². The van der Waals surface area contributed by atoms with Crippen molar-refractivity contribution in [3.8, 4) is 0 Å². The fourth-order valence-corrected chi connectivity index (χ4v) is 1.32. The number of amides is 1. The van der Waals surface area contributed by atoms with E-state index in [0.717, 1.165) is 19.4 Å². The molecule has 0 aromatic rings. The lowest BCUT2D eigenvalue weighted by atomic mass is 10.2. The minimum Gasteiger partial charge on any atom is -0.481 e. The van der Waals surface area contributed by atoms with Gasteiger partial charge < -0.3 is 15.7 Å². The Balaban J connectivity index is 3.37. The second-order valence-electron chi connectivity index (χ2n) is 3.77. The first-order valence-electron chi connectivity index (χ1n) is 5.80. The van der Waals surface area contributed by atoms with Crippen molar-refractivity contribution in [1.82, 2.24) is 10.6 Å². The van der Waals surface area contributed by atoms with E-state index < -0.39 is 5.97 Å². The number of unbranched alkanes of at least 4 members (excludes halogenated alkanes) is 2. The van der Waals surface area contributed by atoms with E-state index in [0.29, 0.717) is 13.0 Å². The molecular formula is C11H22N2O3. The largest absolute Gasteiger partial charge is 0.481 e. The second kappa shape index (κ2) is 9.15. The fourth-order valence-electron chi connectivity index (χ4n) is 1.32. The zero-order valence-electron chi connectivity index (χ0n) is 10.1. The predicted molar refractivity (Wildman–Crippen MR) is 62.3 cm³/mol. The summed E-state index contributed by atoms with van der Waals surface area (Å²) in [6, 6.07) is -0.181. The molecule has 0 fully saturated rings. The van der Waals surface area contributed by atoms with Crippen LogP contribution in [-0.2, 0) is 9.59 Å². The molecule has 0 aromatic carbocycles. The number of carbonyl (C=O) groups is 2. The summed E-state index contributed by atoms with van der Waals surface area (Å²) in [5.74, 6) is -0.739. The number of aliphatic carboxylic acids is 1. The number of hydrogen-bond acceptors (Lipinski definition) is 3. The van der Waals surface area contributed by atoms with Gasteiger partial charge in [0, 0.05) is 13.0 Å². The second-order valence-corrected chi connectivity index (χ2v) is 3.77.